The number of benzene rings is 3. The lowest BCUT2D eigenvalue weighted by atomic mass is 10.2. The van der Waals surface area contributed by atoms with Gasteiger partial charge in [0.2, 0.25) is 10.0 Å². The van der Waals surface area contributed by atoms with Gasteiger partial charge in [-0.2, -0.15) is 0 Å². The van der Waals surface area contributed by atoms with E-state index >= 15 is 0 Å². The maximum atomic E-state index is 12.8. The molecule has 2 N–H and O–H groups in total. The van der Waals surface area contributed by atoms with Gasteiger partial charge < -0.3 is 10.1 Å². The average molecular weight is 431 g/mol. The minimum absolute atomic E-state index is 0.111. The highest BCUT2D eigenvalue weighted by Gasteiger charge is 2.21. The molecular formula is C21H19ClN2O4S. The molecule has 0 spiro atoms. The van der Waals surface area contributed by atoms with Crippen molar-refractivity contribution in [1.82, 2.24) is 4.72 Å². The van der Waals surface area contributed by atoms with Crippen molar-refractivity contribution in [2.24, 2.45) is 0 Å². The molecule has 0 saturated heterocycles. The third-order valence-corrected chi connectivity index (χ3v) is 5.80. The summed E-state index contributed by atoms with van der Waals surface area (Å²) in [5, 5.41) is 3.25. The normalized spacial score (nSPS) is 11.1. The predicted molar refractivity (Wildman–Crippen MR) is 113 cm³/mol. The Morgan fingerprint density at radius 3 is 2.34 bits per heavy atom. The third kappa shape index (κ3) is 5.35. The molecular weight excluding hydrogens is 412 g/mol. The molecule has 0 aliphatic heterocycles. The van der Waals surface area contributed by atoms with E-state index in [0.29, 0.717) is 10.7 Å². The Hall–Kier alpha value is -2.87. The van der Waals surface area contributed by atoms with Crippen LogP contribution in [-0.2, 0) is 16.6 Å². The number of anilines is 1. The first-order valence-corrected chi connectivity index (χ1v) is 10.5. The van der Waals surface area contributed by atoms with Crippen molar-refractivity contribution in [1.29, 1.82) is 0 Å². The van der Waals surface area contributed by atoms with Crippen LogP contribution in [0.5, 0.6) is 5.75 Å². The van der Waals surface area contributed by atoms with E-state index in [0.717, 1.165) is 5.56 Å². The van der Waals surface area contributed by atoms with E-state index in [2.05, 4.69) is 10.0 Å². The molecule has 0 aliphatic rings. The predicted octanol–water partition coefficient (Wildman–Crippen LogP) is 4.08. The van der Waals surface area contributed by atoms with E-state index in [-0.39, 0.29) is 22.8 Å². The Balaban J connectivity index is 1.83. The van der Waals surface area contributed by atoms with E-state index in [4.69, 9.17) is 16.3 Å². The van der Waals surface area contributed by atoms with Crippen LogP contribution < -0.4 is 14.8 Å². The molecule has 3 aromatic carbocycles. The van der Waals surface area contributed by atoms with E-state index in [1.165, 1.54) is 25.3 Å². The summed E-state index contributed by atoms with van der Waals surface area (Å²) in [6, 6.07) is 20.0. The third-order valence-electron chi connectivity index (χ3n) is 4.13. The van der Waals surface area contributed by atoms with Crippen LogP contribution in [0.2, 0.25) is 5.02 Å². The molecule has 0 bridgehead atoms. The van der Waals surface area contributed by atoms with Gasteiger partial charge in [-0.3, -0.25) is 4.79 Å². The molecule has 6 nitrogen and oxygen atoms in total. The summed E-state index contributed by atoms with van der Waals surface area (Å²) in [5.41, 5.74) is 1.54. The van der Waals surface area contributed by atoms with Crippen molar-refractivity contribution in [2.45, 2.75) is 11.4 Å². The van der Waals surface area contributed by atoms with Gasteiger partial charge in [0.1, 0.15) is 10.6 Å². The Morgan fingerprint density at radius 2 is 1.69 bits per heavy atom. The largest absolute Gasteiger partial charge is 0.495 e. The Morgan fingerprint density at radius 1 is 1.00 bits per heavy atom. The number of halogens is 1. The summed E-state index contributed by atoms with van der Waals surface area (Å²) in [7, 11) is -2.53. The minimum Gasteiger partial charge on any atom is -0.495 e. The SMILES string of the molecule is COc1ccc(C(=O)Nc2ccc(Cl)cc2)cc1S(=O)(=O)NCc1ccccc1. The Labute approximate surface area is 174 Å². The van der Waals surface area contributed by atoms with Crippen LogP contribution in [0.15, 0.2) is 77.7 Å². The van der Waals surface area contributed by atoms with Crippen molar-refractivity contribution in [3.63, 3.8) is 0 Å². The van der Waals surface area contributed by atoms with Crippen molar-refractivity contribution in [3.8, 4) is 5.75 Å². The molecule has 1 amide bonds. The van der Waals surface area contributed by atoms with Crippen LogP contribution in [0.1, 0.15) is 15.9 Å². The number of nitrogens with one attached hydrogen (secondary N) is 2. The maximum absolute atomic E-state index is 12.8. The molecule has 0 aromatic heterocycles. The van der Waals surface area contributed by atoms with Gasteiger partial charge in [0.05, 0.1) is 7.11 Å². The van der Waals surface area contributed by atoms with Crippen LogP contribution >= 0.6 is 11.6 Å². The quantitative estimate of drug-likeness (QED) is 0.591. The molecule has 0 fully saturated rings. The number of rotatable bonds is 7. The summed E-state index contributed by atoms with van der Waals surface area (Å²) in [6.45, 7) is 0.119. The van der Waals surface area contributed by atoms with Crippen LogP contribution in [0.25, 0.3) is 0 Å². The average Bonchev–Trinajstić information content (AvgIpc) is 2.74. The van der Waals surface area contributed by atoms with Crippen molar-refractivity contribution in [2.75, 3.05) is 12.4 Å². The molecule has 0 atom stereocenters. The van der Waals surface area contributed by atoms with E-state index in [1.807, 2.05) is 30.3 Å². The topological polar surface area (TPSA) is 84.5 Å². The van der Waals surface area contributed by atoms with E-state index in [9.17, 15) is 13.2 Å². The molecule has 3 rings (SSSR count). The number of hydrogen-bond donors (Lipinski definition) is 2. The number of amides is 1. The highest BCUT2D eigenvalue weighted by Crippen LogP contribution is 2.26. The number of methoxy groups -OCH3 is 1. The first-order chi connectivity index (χ1) is 13.9. The summed E-state index contributed by atoms with van der Waals surface area (Å²) in [5.74, 6) is -0.303. The molecule has 0 heterocycles. The molecule has 0 saturated carbocycles. The Bertz CT molecular complexity index is 1100. The van der Waals surface area contributed by atoms with Crippen molar-refractivity contribution in [3.05, 3.63) is 88.9 Å². The summed E-state index contributed by atoms with van der Waals surface area (Å²) in [4.78, 5) is 12.4. The smallest absolute Gasteiger partial charge is 0.255 e. The fourth-order valence-corrected chi connectivity index (χ4v) is 3.95. The zero-order valence-electron chi connectivity index (χ0n) is 15.6. The number of hydrogen-bond acceptors (Lipinski definition) is 4. The minimum atomic E-state index is -3.91. The first kappa shape index (κ1) is 20.9. The van der Waals surface area contributed by atoms with Crippen molar-refractivity contribution >= 4 is 33.2 Å². The maximum Gasteiger partial charge on any atom is 0.255 e. The number of carbonyl (C=O) groups is 1. The van der Waals surface area contributed by atoms with Gasteiger partial charge >= 0.3 is 0 Å². The highest BCUT2D eigenvalue weighted by molar-refractivity contribution is 7.89. The van der Waals surface area contributed by atoms with Gasteiger partial charge in [-0.25, -0.2) is 13.1 Å². The molecule has 0 radical (unpaired) electrons. The van der Waals surface area contributed by atoms with Gasteiger partial charge in [0.25, 0.3) is 5.91 Å². The van der Waals surface area contributed by atoms with Crippen LogP contribution in [-0.4, -0.2) is 21.4 Å². The van der Waals surface area contributed by atoms with Crippen LogP contribution in [0.3, 0.4) is 0 Å². The van der Waals surface area contributed by atoms with Crippen molar-refractivity contribution < 1.29 is 17.9 Å². The first-order valence-electron chi connectivity index (χ1n) is 8.67. The highest BCUT2D eigenvalue weighted by atomic mass is 35.5. The number of ether oxygens (including phenoxy) is 1. The van der Waals surface area contributed by atoms with E-state index < -0.39 is 15.9 Å². The molecule has 0 unspecified atom stereocenters. The second kappa shape index (κ2) is 9.09. The Kier molecular flexibility index (Phi) is 6.53. The van der Waals surface area contributed by atoms with Gasteiger partial charge in [-0.15, -0.1) is 0 Å². The molecule has 0 aliphatic carbocycles. The van der Waals surface area contributed by atoms with Crippen LogP contribution in [0.4, 0.5) is 5.69 Å². The zero-order chi connectivity index (χ0) is 20.9. The van der Waals surface area contributed by atoms with Gasteiger partial charge in [-0.05, 0) is 48.0 Å². The van der Waals surface area contributed by atoms with E-state index in [1.54, 1.807) is 24.3 Å². The summed E-state index contributed by atoms with van der Waals surface area (Å²) in [6.07, 6.45) is 0. The monoisotopic (exact) mass is 430 g/mol. The molecule has 3 aromatic rings. The summed E-state index contributed by atoms with van der Waals surface area (Å²) >= 11 is 5.84. The summed E-state index contributed by atoms with van der Waals surface area (Å²) < 4.78 is 33.4. The molecule has 150 valence electrons. The molecule has 29 heavy (non-hydrogen) atoms. The second-order valence-corrected chi connectivity index (χ2v) is 8.31. The zero-order valence-corrected chi connectivity index (χ0v) is 17.1. The lowest BCUT2D eigenvalue weighted by Gasteiger charge is -2.13. The van der Waals surface area contributed by atoms with Gasteiger partial charge in [0, 0.05) is 22.8 Å². The van der Waals surface area contributed by atoms with Crippen LogP contribution in [0, 0.1) is 0 Å². The second-order valence-electron chi connectivity index (χ2n) is 6.14. The lowest BCUT2D eigenvalue weighted by Crippen LogP contribution is -2.24. The van der Waals surface area contributed by atoms with Gasteiger partial charge in [0.15, 0.2) is 0 Å². The molecule has 8 heteroatoms. The fourth-order valence-electron chi connectivity index (χ4n) is 2.62. The number of sulfonamides is 1. The van der Waals surface area contributed by atoms with Gasteiger partial charge in [-0.1, -0.05) is 41.9 Å². The lowest BCUT2D eigenvalue weighted by molar-refractivity contribution is 0.102. The number of carbonyl (C=O) groups excluding carboxylic acids is 1. The standard InChI is InChI=1S/C21H19ClN2O4S/c1-28-19-12-7-16(21(25)24-18-10-8-17(22)9-11-18)13-20(19)29(26,27)23-14-15-5-3-2-4-6-15/h2-13,23H,14H2,1H3,(H,24,25). The fraction of sp³-hybridized carbons (Fsp3) is 0.0952.